The fourth-order valence-electron chi connectivity index (χ4n) is 7.04. The molecule has 0 bridgehead atoms. The Morgan fingerprint density at radius 1 is 1.22 bits per heavy atom. The number of alkyl halides is 1. The summed E-state index contributed by atoms with van der Waals surface area (Å²) in [5, 5.41) is 20.6. The molecule has 0 unspecified atom stereocenters. The summed E-state index contributed by atoms with van der Waals surface area (Å²) in [6.07, 6.45) is 4.55. The van der Waals surface area contributed by atoms with Crippen molar-refractivity contribution in [3.63, 3.8) is 0 Å². The summed E-state index contributed by atoms with van der Waals surface area (Å²) in [4.78, 5) is 28.9. The van der Waals surface area contributed by atoms with E-state index in [1.807, 2.05) is 4.90 Å². The van der Waals surface area contributed by atoms with Gasteiger partial charge < -0.3 is 19.5 Å². The van der Waals surface area contributed by atoms with Gasteiger partial charge in [-0.15, -0.1) is 0 Å². The third-order valence-electron chi connectivity index (χ3n) is 9.09. The monoisotopic (exact) mass is 642 g/mol. The van der Waals surface area contributed by atoms with Crippen molar-refractivity contribution in [3.8, 4) is 17.3 Å². The average molecular weight is 643 g/mol. The van der Waals surface area contributed by atoms with Crippen molar-refractivity contribution in [3.05, 3.63) is 34.9 Å². The lowest BCUT2D eigenvalue weighted by atomic mass is 9.95. The molecule has 7 rings (SSSR count). The highest BCUT2D eigenvalue weighted by Gasteiger charge is 2.49. The number of fused-ring (bicyclic) bond motifs is 3. The predicted molar refractivity (Wildman–Crippen MR) is 163 cm³/mol. The molecule has 0 radical (unpaired) electrons. The number of halogens is 3. The van der Waals surface area contributed by atoms with Crippen LogP contribution in [0, 0.1) is 5.82 Å². The molecule has 45 heavy (non-hydrogen) atoms. The van der Waals surface area contributed by atoms with E-state index in [0.717, 1.165) is 32.4 Å². The van der Waals surface area contributed by atoms with Gasteiger partial charge in [-0.1, -0.05) is 11.6 Å². The van der Waals surface area contributed by atoms with Crippen LogP contribution in [0.1, 0.15) is 37.7 Å². The minimum atomic E-state index is -1.37. The van der Waals surface area contributed by atoms with Crippen LogP contribution in [0.2, 0.25) is 5.02 Å². The van der Waals surface area contributed by atoms with Crippen molar-refractivity contribution in [2.75, 3.05) is 51.0 Å². The van der Waals surface area contributed by atoms with Crippen LogP contribution < -0.4 is 15.0 Å². The molecule has 3 aromatic heterocycles. The van der Waals surface area contributed by atoms with Crippen molar-refractivity contribution in [1.29, 1.82) is 0 Å². The van der Waals surface area contributed by atoms with E-state index in [1.54, 1.807) is 18.5 Å². The third kappa shape index (κ3) is 5.59. The van der Waals surface area contributed by atoms with E-state index in [2.05, 4.69) is 35.1 Å². The maximum Gasteiger partial charge on any atom is 0.505 e. The lowest BCUT2D eigenvalue weighted by Crippen LogP contribution is -2.44. The Bertz CT molecular complexity index is 1750. The minimum absolute atomic E-state index is 0.0215. The van der Waals surface area contributed by atoms with E-state index in [0.29, 0.717) is 77.3 Å². The van der Waals surface area contributed by atoms with Crippen LogP contribution in [-0.4, -0.2) is 99.1 Å². The fraction of sp³-hybridized carbons (Fsp3) is 0.500. The number of H-pyrrole nitrogens is 1. The third-order valence-corrected chi connectivity index (χ3v) is 9.43. The number of ether oxygens (including phenoxy) is 2. The zero-order chi connectivity index (χ0) is 31.1. The van der Waals surface area contributed by atoms with Gasteiger partial charge in [0.05, 0.1) is 35.9 Å². The second-order valence-electron chi connectivity index (χ2n) is 11.9. The maximum absolute atomic E-state index is 16.9. The van der Waals surface area contributed by atoms with E-state index in [-0.39, 0.29) is 30.4 Å². The highest BCUT2D eigenvalue weighted by atomic mass is 35.5. The molecule has 15 heteroatoms. The van der Waals surface area contributed by atoms with Crippen LogP contribution in [-0.2, 0) is 11.2 Å². The molecule has 3 N–H and O–H groups in total. The number of aromatic amines is 1. The summed E-state index contributed by atoms with van der Waals surface area (Å²) in [6, 6.07) is 1.72. The highest BCUT2D eigenvalue weighted by molar-refractivity contribution is 6.33. The van der Waals surface area contributed by atoms with E-state index < -0.39 is 23.7 Å². The summed E-state index contributed by atoms with van der Waals surface area (Å²) >= 11 is 6.69. The first kappa shape index (κ1) is 29.8. The number of carboxylic acid groups (broad SMARTS) is 1. The Kier molecular flexibility index (Phi) is 8.04. The molecule has 0 aliphatic carbocycles. The number of benzene rings is 1. The van der Waals surface area contributed by atoms with Crippen molar-refractivity contribution in [1.82, 2.24) is 35.4 Å². The zero-order valence-electron chi connectivity index (χ0n) is 24.5. The first-order valence-electron chi connectivity index (χ1n) is 15.2. The normalized spacial score (nSPS) is 21.9. The number of hydrogen-bond donors (Lipinski definition) is 3. The van der Waals surface area contributed by atoms with E-state index in [4.69, 9.17) is 26.4 Å². The van der Waals surface area contributed by atoms with Gasteiger partial charge in [0.2, 0.25) is 0 Å². The number of nitrogens with zero attached hydrogens (tertiary/aromatic N) is 6. The van der Waals surface area contributed by atoms with E-state index >= 15 is 4.39 Å². The topological polar surface area (TPSA) is 142 Å². The Balaban J connectivity index is 1.32. The summed E-state index contributed by atoms with van der Waals surface area (Å²) in [7, 11) is 0. The fourth-order valence-corrected chi connectivity index (χ4v) is 7.34. The zero-order valence-corrected chi connectivity index (χ0v) is 25.2. The first-order chi connectivity index (χ1) is 21.8. The van der Waals surface area contributed by atoms with Gasteiger partial charge in [0.25, 0.3) is 0 Å². The van der Waals surface area contributed by atoms with Gasteiger partial charge in [-0.05, 0) is 56.8 Å². The summed E-state index contributed by atoms with van der Waals surface area (Å²) in [5.74, 6) is -0.176. The van der Waals surface area contributed by atoms with Gasteiger partial charge >= 0.3 is 12.2 Å². The summed E-state index contributed by atoms with van der Waals surface area (Å²) in [5.41, 5.74) is 1.26. The standard InChI is InChI=1S/C30H33ClF2N8O4/c31-21-10-22-19(13-36-39-22)23(18(21)4-1-9-44-29(42)43)26-24(33)25-20(12-35-26)27(40-7-3-6-34-16-40)38-28(37-25)45-15-30-5-2-8-41(30)14-17(32)11-30/h10,12-13,17,34H,1-9,11,14-16H2,(H,36,39)(H,42,43)/t17-,30+/m1/s1. The SMILES string of the molecule is O=C(O)OCCCc1c(Cl)cc2[nH]ncc2c1-c1ncc2c(N3CCCNC3)nc(OC[C@@]34CCCN3C[C@H](F)C4)nc2c1F. The molecule has 0 spiro atoms. The molecular formula is C30H33ClF2N8O4. The number of anilines is 1. The lowest BCUT2D eigenvalue weighted by Gasteiger charge is -2.31. The van der Waals surface area contributed by atoms with Crippen molar-refractivity contribution >= 4 is 45.4 Å². The number of nitrogens with one attached hydrogen (secondary N) is 2. The molecule has 3 saturated heterocycles. The average Bonchev–Trinajstić information content (AvgIpc) is 3.73. The van der Waals surface area contributed by atoms with Gasteiger partial charge in [-0.25, -0.2) is 13.6 Å². The molecule has 2 atom stereocenters. The van der Waals surface area contributed by atoms with Crippen LogP contribution in [0.25, 0.3) is 33.1 Å². The highest BCUT2D eigenvalue weighted by Crippen LogP contribution is 2.42. The predicted octanol–water partition coefficient (Wildman–Crippen LogP) is 4.70. The van der Waals surface area contributed by atoms with Crippen molar-refractivity contribution in [2.45, 2.75) is 50.2 Å². The van der Waals surface area contributed by atoms with Gasteiger partial charge in [0.1, 0.15) is 29.8 Å². The second kappa shape index (κ2) is 12.1. The van der Waals surface area contributed by atoms with Crippen LogP contribution in [0.5, 0.6) is 6.01 Å². The number of hydrogen-bond acceptors (Lipinski definition) is 10. The Labute approximate surface area is 262 Å². The first-order valence-corrected chi connectivity index (χ1v) is 15.6. The molecule has 1 aromatic carbocycles. The van der Waals surface area contributed by atoms with E-state index in [9.17, 15) is 9.18 Å². The van der Waals surface area contributed by atoms with Crippen molar-refractivity contribution in [2.24, 2.45) is 0 Å². The molecule has 238 valence electrons. The lowest BCUT2D eigenvalue weighted by molar-refractivity contribution is 0.0907. The van der Waals surface area contributed by atoms with Crippen LogP contribution in [0.3, 0.4) is 0 Å². The maximum atomic E-state index is 16.9. The smallest absolute Gasteiger partial charge is 0.461 e. The largest absolute Gasteiger partial charge is 0.505 e. The molecule has 3 aliphatic heterocycles. The van der Waals surface area contributed by atoms with Crippen LogP contribution in [0.4, 0.5) is 19.4 Å². The van der Waals surface area contributed by atoms with Crippen LogP contribution >= 0.6 is 11.6 Å². The number of aromatic nitrogens is 5. The molecule has 4 aromatic rings. The molecule has 3 fully saturated rings. The molecule has 0 saturated carbocycles. The van der Waals surface area contributed by atoms with Gasteiger partial charge in [-0.3, -0.25) is 20.3 Å². The number of pyridine rings is 1. The molecule has 6 heterocycles. The Hall–Kier alpha value is -3.88. The van der Waals surface area contributed by atoms with Crippen molar-refractivity contribution < 1.29 is 28.2 Å². The number of carbonyl (C=O) groups is 1. The van der Waals surface area contributed by atoms with E-state index in [1.165, 1.54) is 0 Å². The quantitative estimate of drug-likeness (QED) is 0.173. The second-order valence-corrected chi connectivity index (χ2v) is 12.3. The molecule has 3 aliphatic rings. The molecule has 12 nitrogen and oxygen atoms in total. The summed E-state index contributed by atoms with van der Waals surface area (Å²) < 4.78 is 42.2. The van der Waals surface area contributed by atoms with Gasteiger partial charge in [0, 0.05) is 41.7 Å². The molecular weight excluding hydrogens is 610 g/mol. The molecule has 0 amide bonds. The van der Waals surface area contributed by atoms with Gasteiger partial charge in [0.15, 0.2) is 5.82 Å². The van der Waals surface area contributed by atoms with Crippen LogP contribution in [0.15, 0.2) is 18.5 Å². The number of rotatable bonds is 9. The Morgan fingerprint density at radius 3 is 2.93 bits per heavy atom. The van der Waals surface area contributed by atoms with Gasteiger partial charge in [-0.2, -0.15) is 15.1 Å². The Morgan fingerprint density at radius 2 is 2.11 bits per heavy atom. The minimum Gasteiger partial charge on any atom is -0.461 e. The summed E-state index contributed by atoms with van der Waals surface area (Å²) in [6.45, 7) is 3.46.